The molecule has 1 aliphatic heterocycles. The second-order valence-electron chi connectivity index (χ2n) is 4.40. The van der Waals surface area contributed by atoms with Gasteiger partial charge in [-0.05, 0) is 25.0 Å². The second kappa shape index (κ2) is 4.90. The number of amides is 1. The van der Waals surface area contributed by atoms with Crippen molar-refractivity contribution in [2.75, 3.05) is 13.1 Å². The van der Waals surface area contributed by atoms with Gasteiger partial charge < -0.3 is 4.90 Å². The third kappa shape index (κ3) is 2.16. The van der Waals surface area contributed by atoms with Gasteiger partial charge in [0.2, 0.25) is 0 Å². The van der Waals surface area contributed by atoms with Crippen molar-refractivity contribution in [1.29, 1.82) is 0 Å². The molecule has 0 saturated carbocycles. The van der Waals surface area contributed by atoms with Crippen LogP contribution in [0.5, 0.6) is 0 Å². The van der Waals surface area contributed by atoms with Gasteiger partial charge in [0, 0.05) is 29.6 Å². The summed E-state index contributed by atoms with van der Waals surface area (Å²) in [6, 6.07) is 7.69. The Hall–Kier alpha value is -1.68. The van der Waals surface area contributed by atoms with E-state index in [1.165, 1.54) is 11.3 Å². The fourth-order valence-corrected chi connectivity index (χ4v) is 2.74. The molecule has 91 valence electrons. The van der Waals surface area contributed by atoms with Crippen LogP contribution in [0.2, 0.25) is 0 Å². The molecule has 1 saturated heterocycles. The lowest BCUT2D eigenvalue weighted by Gasteiger charge is -2.15. The molecule has 1 fully saturated rings. The Kier molecular flexibility index (Phi) is 3.11. The zero-order valence-corrected chi connectivity index (χ0v) is 10.7. The Bertz CT molecular complexity index is 545. The third-order valence-electron chi connectivity index (χ3n) is 3.19. The monoisotopic (exact) mass is 257 g/mol. The molecule has 0 atom stereocenters. The van der Waals surface area contributed by atoms with Crippen molar-refractivity contribution < 1.29 is 4.79 Å². The van der Waals surface area contributed by atoms with Crippen LogP contribution in [0.25, 0.3) is 11.3 Å². The van der Waals surface area contributed by atoms with Crippen molar-refractivity contribution in [2.45, 2.75) is 12.8 Å². The Morgan fingerprint density at radius 2 is 2.17 bits per heavy atom. The topological polar surface area (TPSA) is 33.2 Å². The van der Waals surface area contributed by atoms with Crippen molar-refractivity contribution >= 4 is 17.2 Å². The summed E-state index contributed by atoms with van der Waals surface area (Å²) in [7, 11) is 0. The molecule has 1 aliphatic rings. The van der Waals surface area contributed by atoms with Gasteiger partial charge in [-0.25, -0.2) is 4.98 Å². The van der Waals surface area contributed by atoms with E-state index < -0.39 is 0 Å². The summed E-state index contributed by atoms with van der Waals surface area (Å²) < 4.78 is 0. The lowest BCUT2D eigenvalue weighted by molar-refractivity contribution is 0.0793. The first kappa shape index (κ1) is 11.4. The van der Waals surface area contributed by atoms with Crippen LogP contribution in [0.3, 0.4) is 0 Å². The zero-order valence-electron chi connectivity index (χ0n) is 9.93. The lowest BCUT2D eigenvalue weighted by Crippen LogP contribution is -2.27. The smallest absolute Gasteiger partial charge is 0.253 e. The average molecular weight is 257 g/mol. The molecule has 1 aromatic heterocycles. The van der Waals surface area contributed by atoms with Crippen molar-refractivity contribution in [1.82, 2.24) is 9.88 Å². The van der Waals surface area contributed by atoms with E-state index in [1.54, 1.807) is 0 Å². The van der Waals surface area contributed by atoms with E-state index in [0.717, 1.165) is 42.8 Å². The molecule has 1 amide bonds. The summed E-state index contributed by atoms with van der Waals surface area (Å²) in [4.78, 5) is 18.3. The molecular formula is C14H13N2OS. The molecule has 2 heterocycles. The molecule has 0 bridgehead atoms. The highest BCUT2D eigenvalue weighted by Crippen LogP contribution is 2.21. The van der Waals surface area contributed by atoms with E-state index in [4.69, 9.17) is 0 Å². The highest BCUT2D eigenvalue weighted by molar-refractivity contribution is 7.07. The van der Waals surface area contributed by atoms with Gasteiger partial charge in [-0.15, -0.1) is 11.3 Å². The van der Waals surface area contributed by atoms with E-state index >= 15 is 0 Å². The van der Waals surface area contributed by atoms with Crippen LogP contribution >= 0.6 is 11.3 Å². The number of rotatable bonds is 2. The molecule has 0 N–H and O–H groups in total. The standard InChI is InChI=1S/C14H13N2OS/c17-14(16-6-1-2-7-16)12-5-3-4-11(8-12)13-9-18-10-15-13/h3-5,8-9H,1-2,6-7H2. The molecule has 0 spiro atoms. The van der Waals surface area contributed by atoms with Crippen LogP contribution < -0.4 is 0 Å². The summed E-state index contributed by atoms with van der Waals surface area (Å²) in [5.41, 5.74) is 5.45. The Morgan fingerprint density at radius 1 is 1.33 bits per heavy atom. The summed E-state index contributed by atoms with van der Waals surface area (Å²) in [6.45, 7) is 1.76. The Balaban J connectivity index is 1.89. The van der Waals surface area contributed by atoms with Gasteiger partial charge in [0.25, 0.3) is 5.91 Å². The van der Waals surface area contributed by atoms with Crippen LogP contribution in [-0.4, -0.2) is 28.9 Å². The molecule has 0 unspecified atom stereocenters. The lowest BCUT2D eigenvalue weighted by atomic mass is 10.1. The van der Waals surface area contributed by atoms with Crippen molar-refractivity contribution in [3.8, 4) is 11.3 Å². The molecule has 4 heteroatoms. The molecule has 1 radical (unpaired) electrons. The minimum Gasteiger partial charge on any atom is -0.339 e. The third-order valence-corrected chi connectivity index (χ3v) is 3.73. The number of aromatic nitrogens is 1. The summed E-state index contributed by atoms with van der Waals surface area (Å²) in [5, 5.41) is 1.94. The van der Waals surface area contributed by atoms with E-state index in [-0.39, 0.29) is 5.91 Å². The van der Waals surface area contributed by atoms with Gasteiger partial charge in [0.15, 0.2) is 5.51 Å². The first-order chi connectivity index (χ1) is 8.84. The van der Waals surface area contributed by atoms with E-state index in [0.29, 0.717) is 0 Å². The summed E-state index contributed by atoms with van der Waals surface area (Å²) in [6.07, 6.45) is 2.24. The van der Waals surface area contributed by atoms with Crippen LogP contribution in [0, 0.1) is 5.51 Å². The largest absolute Gasteiger partial charge is 0.339 e. The van der Waals surface area contributed by atoms with E-state index in [2.05, 4.69) is 10.5 Å². The zero-order chi connectivity index (χ0) is 12.4. The number of carbonyl (C=O) groups excluding carboxylic acids is 1. The predicted molar refractivity (Wildman–Crippen MR) is 71.5 cm³/mol. The molecular weight excluding hydrogens is 244 g/mol. The molecule has 18 heavy (non-hydrogen) atoms. The number of thiazole rings is 1. The van der Waals surface area contributed by atoms with Crippen molar-refractivity contribution in [2.24, 2.45) is 0 Å². The number of likely N-dealkylation sites (tertiary alicyclic amines) is 1. The van der Waals surface area contributed by atoms with E-state index in [9.17, 15) is 4.79 Å². The fourth-order valence-electron chi connectivity index (χ4n) is 2.23. The van der Waals surface area contributed by atoms with Gasteiger partial charge in [-0.1, -0.05) is 12.1 Å². The number of carbonyl (C=O) groups is 1. The van der Waals surface area contributed by atoms with Gasteiger partial charge in [0.1, 0.15) is 0 Å². The van der Waals surface area contributed by atoms with Gasteiger partial charge in [-0.2, -0.15) is 0 Å². The number of hydrogen-bond acceptors (Lipinski definition) is 3. The van der Waals surface area contributed by atoms with E-state index in [1.807, 2.05) is 34.5 Å². The Labute approximate surface area is 110 Å². The molecule has 2 aromatic rings. The normalized spacial score (nSPS) is 15.0. The first-order valence-electron chi connectivity index (χ1n) is 6.06. The highest BCUT2D eigenvalue weighted by atomic mass is 32.1. The van der Waals surface area contributed by atoms with Crippen LogP contribution in [0.1, 0.15) is 23.2 Å². The molecule has 3 nitrogen and oxygen atoms in total. The van der Waals surface area contributed by atoms with Crippen LogP contribution in [-0.2, 0) is 0 Å². The minimum absolute atomic E-state index is 0.133. The van der Waals surface area contributed by atoms with Gasteiger partial charge in [0.05, 0.1) is 5.69 Å². The molecule has 3 rings (SSSR count). The van der Waals surface area contributed by atoms with Gasteiger partial charge >= 0.3 is 0 Å². The Morgan fingerprint density at radius 3 is 2.89 bits per heavy atom. The average Bonchev–Trinajstić information content (AvgIpc) is 3.11. The SMILES string of the molecule is O=C(c1cccc(-c2cs[c]n2)c1)N1CCCC1. The maximum Gasteiger partial charge on any atom is 0.253 e. The van der Waals surface area contributed by atoms with Crippen molar-refractivity contribution in [3.63, 3.8) is 0 Å². The summed E-state index contributed by atoms with van der Waals surface area (Å²) >= 11 is 1.44. The highest BCUT2D eigenvalue weighted by Gasteiger charge is 2.19. The minimum atomic E-state index is 0.133. The molecule has 0 aliphatic carbocycles. The number of nitrogens with zero attached hydrogens (tertiary/aromatic N) is 2. The van der Waals surface area contributed by atoms with Crippen molar-refractivity contribution in [3.05, 3.63) is 40.7 Å². The maximum atomic E-state index is 12.3. The quantitative estimate of drug-likeness (QED) is 0.829. The maximum absolute atomic E-state index is 12.3. The predicted octanol–water partition coefficient (Wildman–Crippen LogP) is 2.85. The summed E-state index contributed by atoms with van der Waals surface area (Å²) in [5.74, 6) is 0.133. The first-order valence-corrected chi connectivity index (χ1v) is 6.94. The second-order valence-corrected chi connectivity index (χ2v) is 5.06. The number of benzene rings is 1. The van der Waals surface area contributed by atoms with Crippen LogP contribution in [0.15, 0.2) is 29.6 Å². The van der Waals surface area contributed by atoms with Gasteiger partial charge in [-0.3, -0.25) is 4.79 Å². The molecule has 1 aromatic carbocycles. The number of hydrogen-bond donors (Lipinski definition) is 0. The fraction of sp³-hybridized carbons (Fsp3) is 0.286. The van der Waals surface area contributed by atoms with Crippen LogP contribution in [0.4, 0.5) is 0 Å².